The molecular weight excluding hydrogens is 186 g/mol. The second kappa shape index (κ2) is 4.73. The number of aromatic nitrogens is 1. The molecule has 0 spiro atoms. The summed E-state index contributed by atoms with van der Waals surface area (Å²) in [5.41, 5.74) is 7.49. The third-order valence-electron chi connectivity index (χ3n) is 3.36. The Morgan fingerprint density at radius 1 is 1.33 bits per heavy atom. The van der Waals surface area contributed by atoms with Gasteiger partial charge in [0.2, 0.25) is 0 Å². The highest BCUT2D eigenvalue weighted by atomic mass is 15.1. The van der Waals surface area contributed by atoms with E-state index in [0.717, 1.165) is 0 Å². The fraction of sp³-hybridized carbons (Fsp3) is 0.583. The van der Waals surface area contributed by atoms with Crippen molar-refractivity contribution in [3.8, 4) is 0 Å². The average Bonchev–Trinajstić information content (AvgIpc) is 2.30. The lowest BCUT2D eigenvalue weighted by Crippen LogP contribution is -2.35. The van der Waals surface area contributed by atoms with Crippen LogP contribution >= 0.6 is 0 Å². The third kappa shape index (κ3) is 2.55. The van der Waals surface area contributed by atoms with Crippen LogP contribution in [0.3, 0.4) is 0 Å². The molecule has 2 rings (SSSR count). The van der Waals surface area contributed by atoms with Crippen molar-refractivity contribution in [2.45, 2.75) is 18.9 Å². The van der Waals surface area contributed by atoms with Crippen LogP contribution in [-0.2, 0) is 0 Å². The minimum Gasteiger partial charge on any atom is -0.324 e. The largest absolute Gasteiger partial charge is 0.324 e. The predicted molar refractivity (Wildman–Crippen MR) is 61.4 cm³/mol. The van der Waals surface area contributed by atoms with E-state index in [0.29, 0.717) is 5.92 Å². The first kappa shape index (κ1) is 10.6. The molecule has 1 atom stereocenters. The molecule has 0 unspecified atom stereocenters. The van der Waals surface area contributed by atoms with Gasteiger partial charge in [-0.1, -0.05) is 0 Å². The molecule has 82 valence electrons. The predicted octanol–water partition coefficient (Wildman–Crippen LogP) is 1.42. The fourth-order valence-electron chi connectivity index (χ4n) is 2.25. The molecule has 1 aliphatic rings. The highest BCUT2D eigenvalue weighted by molar-refractivity contribution is 5.15. The van der Waals surface area contributed by atoms with E-state index < -0.39 is 0 Å². The van der Waals surface area contributed by atoms with Crippen molar-refractivity contribution in [1.82, 2.24) is 9.88 Å². The van der Waals surface area contributed by atoms with Gasteiger partial charge in [-0.3, -0.25) is 4.98 Å². The molecule has 0 aromatic carbocycles. The van der Waals surface area contributed by atoms with E-state index in [1.165, 1.54) is 31.5 Å². The summed E-state index contributed by atoms with van der Waals surface area (Å²) < 4.78 is 0. The van der Waals surface area contributed by atoms with Crippen molar-refractivity contribution < 1.29 is 0 Å². The Kier molecular flexibility index (Phi) is 3.34. The number of nitrogens with two attached hydrogens (primary N) is 1. The van der Waals surface area contributed by atoms with Gasteiger partial charge in [0.15, 0.2) is 0 Å². The van der Waals surface area contributed by atoms with Crippen LogP contribution in [0.1, 0.15) is 24.4 Å². The second-order valence-electron chi connectivity index (χ2n) is 4.45. The molecule has 0 amide bonds. The number of hydrogen-bond donors (Lipinski definition) is 1. The van der Waals surface area contributed by atoms with E-state index in [2.05, 4.69) is 16.9 Å². The van der Waals surface area contributed by atoms with Crippen LogP contribution in [0.5, 0.6) is 0 Å². The van der Waals surface area contributed by atoms with Gasteiger partial charge in [-0.2, -0.15) is 0 Å². The Bertz CT molecular complexity index is 291. The van der Waals surface area contributed by atoms with Gasteiger partial charge in [0, 0.05) is 18.4 Å². The van der Waals surface area contributed by atoms with Gasteiger partial charge in [-0.25, -0.2) is 0 Å². The molecule has 2 N–H and O–H groups in total. The van der Waals surface area contributed by atoms with Gasteiger partial charge in [-0.15, -0.1) is 0 Å². The van der Waals surface area contributed by atoms with Gasteiger partial charge < -0.3 is 10.6 Å². The van der Waals surface area contributed by atoms with E-state index >= 15 is 0 Å². The van der Waals surface area contributed by atoms with Crippen LogP contribution in [0.15, 0.2) is 24.5 Å². The highest BCUT2D eigenvalue weighted by Gasteiger charge is 2.23. The number of hydrogen-bond acceptors (Lipinski definition) is 3. The molecule has 1 aromatic rings. The number of nitrogens with zero attached hydrogens (tertiary/aromatic N) is 2. The Morgan fingerprint density at radius 3 is 2.53 bits per heavy atom. The number of pyridine rings is 1. The smallest absolute Gasteiger partial charge is 0.0325 e. The maximum atomic E-state index is 6.27. The van der Waals surface area contributed by atoms with Crippen LogP contribution in [-0.4, -0.2) is 30.0 Å². The molecule has 3 nitrogen and oxygen atoms in total. The molecule has 1 fully saturated rings. The zero-order chi connectivity index (χ0) is 10.7. The van der Waals surface area contributed by atoms with Crippen LogP contribution in [0.4, 0.5) is 0 Å². The summed E-state index contributed by atoms with van der Waals surface area (Å²) >= 11 is 0. The van der Waals surface area contributed by atoms with E-state index in [-0.39, 0.29) is 6.04 Å². The van der Waals surface area contributed by atoms with Crippen molar-refractivity contribution in [3.05, 3.63) is 30.1 Å². The third-order valence-corrected chi connectivity index (χ3v) is 3.36. The summed E-state index contributed by atoms with van der Waals surface area (Å²) in [6.07, 6.45) is 6.06. The van der Waals surface area contributed by atoms with Crippen molar-refractivity contribution in [2.75, 3.05) is 20.1 Å². The molecule has 1 aliphatic heterocycles. The standard InChI is InChI=1S/C12H19N3/c1-15-8-4-11(5-9-15)12(13)10-2-6-14-7-3-10/h2-3,6-7,11-12H,4-5,8-9,13H2,1H3/t12-/m0/s1. The number of likely N-dealkylation sites (tertiary alicyclic amines) is 1. The number of rotatable bonds is 2. The Balaban J connectivity index is 1.99. The van der Waals surface area contributed by atoms with Gasteiger partial charge in [0.05, 0.1) is 0 Å². The first-order chi connectivity index (χ1) is 7.27. The minimum absolute atomic E-state index is 0.182. The quantitative estimate of drug-likeness (QED) is 0.794. The monoisotopic (exact) mass is 205 g/mol. The Hall–Kier alpha value is -0.930. The molecule has 15 heavy (non-hydrogen) atoms. The molecular formula is C12H19N3. The normalized spacial score (nSPS) is 21.5. The van der Waals surface area contributed by atoms with E-state index in [1.807, 2.05) is 24.5 Å². The summed E-state index contributed by atoms with van der Waals surface area (Å²) in [6, 6.07) is 4.24. The Morgan fingerprint density at radius 2 is 1.93 bits per heavy atom. The molecule has 1 aromatic heterocycles. The second-order valence-corrected chi connectivity index (χ2v) is 4.45. The van der Waals surface area contributed by atoms with Crippen LogP contribution < -0.4 is 5.73 Å². The van der Waals surface area contributed by atoms with Crippen molar-refractivity contribution in [2.24, 2.45) is 11.7 Å². The first-order valence-corrected chi connectivity index (χ1v) is 5.61. The summed E-state index contributed by atoms with van der Waals surface area (Å²) in [7, 11) is 2.17. The molecule has 0 bridgehead atoms. The van der Waals surface area contributed by atoms with Gasteiger partial charge >= 0.3 is 0 Å². The molecule has 0 radical (unpaired) electrons. The number of piperidine rings is 1. The zero-order valence-electron chi connectivity index (χ0n) is 9.26. The van der Waals surface area contributed by atoms with E-state index in [4.69, 9.17) is 5.73 Å². The summed E-state index contributed by atoms with van der Waals surface area (Å²) in [5.74, 6) is 0.628. The topological polar surface area (TPSA) is 42.1 Å². The van der Waals surface area contributed by atoms with Crippen LogP contribution in [0.2, 0.25) is 0 Å². The molecule has 1 saturated heterocycles. The lowest BCUT2D eigenvalue weighted by molar-refractivity contribution is 0.199. The van der Waals surface area contributed by atoms with Crippen molar-refractivity contribution in [3.63, 3.8) is 0 Å². The zero-order valence-corrected chi connectivity index (χ0v) is 9.26. The van der Waals surface area contributed by atoms with Crippen LogP contribution in [0, 0.1) is 5.92 Å². The average molecular weight is 205 g/mol. The minimum atomic E-state index is 0.182. The fourth-order valence-corrected chi connectivity index (χ4v) is 2.25. The molecule has 2 heterocycles. The van der Waals surface area contributed by atoms with Gasteiger partial charge in [0.25, 0.3) is 0 Å². The Labute approximate surface area is 91.3 Å². The molecule has 0 aliphatic carbocycles. The van der Waals surface area contributed by atoms with E-state index in [9.17, 15) is 0 Å². The first-order valence-electron chi connectivity index (χ1n) is 5.61. The maximum Gasteiger partial charge on any atom is 0.0325 e. The molecule has 3 heteroatoms. The van der Waals surface area contributed by atoms with Crippen LogP contribution in [0.25, 0.3) is 0 Å². The molecule has 0 saturated carbocycles. The van der Waals surface area contributed by atoms with Gasteiger partial charge in [-0.05, 0) is 56.6 Å². The SMILES string of the molecule is CN1CCC([C@@H](N)c2ccncc2)CC1. The highest BCUT2D eigenvalue weighted by Crippen LogP contribution is 2.27. The van der Waals surface area contributed by atoms with E-state index in [1.54, 1.807) is 0 Å². The van der Waals surface area contributed by atoms with Crippen molar-refractivity contribution >= 4 is 0 Å². The lowest BCUT2D eigenvalue weighted by atomic mass is 9.86. The summed E-state index contributed by atoms with van der Waals surface area (Å²) in [6.45, 7) is 2.34. The summed E-state index contributed by atoms with van der Waals surface area (Å²) in [4.78, 5) is 6.39. The van der Waals surface area contributed by atoms with Gasteiger partial charge in [0.1, 0.15) is 0 Å². The summed E-state index contributed by atoms with van der Waals surface area (Å²) in [5, 5.41) is 0. The maximum absolute atomic E-state index is 6.27. The lowest BCUT2D eigenvalue weighted by Gasteiger charge is -2.32. The van der Waals surface area contributed by atoms with Crippen molar-refractivity contribution in [1.29, 1.82) is 0 Å².